The summed E-state index contributed by atoms with van der Waals surface area (Å²) in [4.78, 5) is 33.9. The van der Waals surface area contributed by atoms with Crippen LogP contribution in [-0.4, -0.2) is 29.3 Å². The average molecular weight is 375 g/mol. The van der Waals surface area contributed by atoms with Gasteiger partial charge in [0.2, 0.25) is 5.76 Å². The lowest BCUT2D eigenvalue weighted by Gasteiger charge is -2.10. The number of carboxylic acid groups (broad SMARTS) is 1. The molecular formula is C17H13NO7S. The third-order valence-electron chi connectivity index (χ3n) is 3.37. The summed E-state index contributed by atoms with van der Waals surface area (Å²) in [6, 6.07) is 7.86. The van der Waals surface area contributed by atoms with Crippen LogP contribution in [0.15, 0.2) is 39.7 Å². The minimum Gasteiger partial charge on any atom is -0.493 e. The maximum Gasteiger partial charge on any atom is 0.371 e. The number of carboxylic acids is 1. The zero-order valence-electron chi connectivity index (χ0n) is 13.5. The van der Waals surface area contributed by atoms with E-state index in [2.05, 4.69) is 5.32 Å². The summed E-state index contributed by atoms with van der Waals surface area (Å²) in [6.45, 7) is 0.0246. The summed E-state index contributed by atoms with van der Waals surface area (Å²) < 4.78 is 16.0. The van der Waals surface area contributed by atoms with Crippen molar-refractivity contribution in [2.24, 2.45) is 0 Å². The molecule has 0 bridgehead atoms. The molecule has 26 heavy (non-hydrogen) atoms. The predicted molar refractivity (Wildman–Crippen MR) is 92.1 cm³/mol. The molecule has 0 radical (unpaired) electrons. The zero-order valence-corrected chi connectivity index (χ0v) is 14.3. The Morgan fingerprint density at radius 2 is 2.08 bits per heavy atom. The number of aromatic carboxylic acids is 1. The molecule has 2 N–H and O–H groups in total. The normalized spacial score (nSPS) is 15.2. The summed E-state index contributed by atoms with van der Waals surface area (Å²) in [5, 5.41) is 10.6. The molecule has 1 aromatic heterocycles. The molecule has 2 amide bonds. The molecule has 8 nitrogen and oxygen atoms in total. The van der Waals surface area contributed by atoms with Gasteiger partial charge < -0.3 is 19.0 Å². The summed E-state index contributed by atoms with van der Waals surface area (Å²) in [5.41, 5.74) is 0.660. The molecule has 0 unspecified atom stereocenters. The van der Waals surface area contributed by atoms with Crippen LogP contribution in [0.5, 0.6) is 11.5 Å². The summed E-state index contributed by atoms with van der Waals surface area (Å²) in [7, 11) is 1.47. The van der Waals surface area contributed by atoms with Crippen LogP contribution >= 0.6 is 11.8 Å². The molecule has 1 aliphatic heterocycles. The molecule has 0 atom stereocenters. The number of hydrogen-bond donors (Lipinski definition) is 2. The van der Waals surface area contributed by atoms with Gasteiger partial charge in [-0.25, -0.2) is 4.79 Å². The highest BCUT2D eigenvalue weighted by Crippen LogP contribution is 2.32. The summed E-state index contributed by atoms with van der Waals surface area (Å²) in [5.74, 6) is -0.570. The third-order valence-corrected chi connectivity index (χ3v) is 4.18. The van der Waals surface area contributed by atoms with Gasteiger partial charge in [0, 0.05) is 0 Å². The average Bonchev–Trinajstić information content (AvgIpc) is 3.20. The van der Waals surface area contributed by atoms with Crippen LogP contribution in [-0.2, 0) is 11.4 Å². The topological polar surface area (TPSA) is 115 Å². The number of ether oxygens (including phenoxy) is 2. The Morgan fingerprint density at radius 1 is 1.27 bits per heavy atom. The van der Waals surface area contributed by atoms with Crippen LogP contribution in [0.3, 0.4) is 0 Å². The molecular weight excluding hydrogens is 362 g/mol. The predicted octanol–water partition coefficient (Wildman–Crippen LogP) is 2.89. The van der Waals surface area contributed by atoms with E-state index in [-0.39, 0.29) is 12.4 Å². The van der Waals surface area contributed by atoms with Crippen molar-refractivity contribution in [1.29, 1.82) is 0 Å². The van der Waals surface area contributed by atoms with E-state index in [1.54, 1.807) is 24.3 Å². The van der Waals surface area contributed by atoms with Crippen molar-refractivity contribution in [3.8, 4) is 11.5 Å². The summed E-state index contributed by atoms with van der Waals surface area (Å²) in [6.07, 6.45) is 1.57. The number of carbonyl (C=O) groups excluding carboxylic acids is 2. The lowest BCUT2D eigenvalue weighted by atomic mass is 10.2. The van der Waals surface area contributed by atoms with Gasteiger partial charge in [-0.05, 0) is 47.7 Å². The molecule has 9 heteroatoms. The van der Waals surface area contributed by atoms with Gasteiger partial charge in [0.05, 0.1) is 12.0 Å². The zero-order chi connectivity index (χ0) is 18.7. The standard InChI is InChI=1S/C17H13NO7S/c1-23-13-6-9(7-14-15(19)18-17(22)26-14)2-4-11(13)24-8-10-3-5-12(25-10)16(20)21/h2-7H,8H2,1H3,(H,20,21)(H,18,19,22)/b14-7+. The SMILES string of the molecule is COc1cc(/C=C2/SC(=O)NC2=O)ccc1OCc1ccc(C(=O)O)o1. The van der Waals surface area contributed by atoms with Crippen LogP contribution < -0.4 is 14.8 Å². The minimum absolute atomic E-state index is 0.0246. The number of carbonyl (C=O) groups is 3. The Bertz CT molecular complexity index is 916. The van der Waals surface area contributed by atoms with Gasteiger partial charge in [-0.15, -0.1) is 0 Å². The number of furan rings is 1. The van der Waals surface area contributed by atoms with Gasteiger partial charge in [-0.1, -0.05) is 6.07 Å². The molecule has 1 aliphatic rings. The van der Waals surface area contributed by atoms with Crippen LogP contribution in [0.2, 0.25) is 0 Å². The first kappa shape index (κ1) is 17.6. The van der Waals surface area contributed by atoms with Crippen molar-refractivity contribution in [3.05, 3.63) is 52.3 Å². The Balaban J connectivity index is 1.74. The highest BCUT2D eigenvalue weighted by atomic mass is 32.2. The van der Waals surface area contributed by atoms with E-state index in [9.17, 15) is 14.4 Å². The lowest BCUT2D eigenvalue weighted by molar-refractivity contribution is -0.115. The fourth-order valence-corrected chi connectivity index (χ4v) is 2.87. The van der Waals surface area contributed by atoms with Gasteiger partial charge in [-0.3, -0.25) is 14.9 Å². The second kappa shape index (κ2) is 7.36. The van der Waals surface area contributed by atoms with Crippen molar-refractivity contribution in [3.63, 3.8) is 0 Å². The largest absolute Gasteiger partial charge is 0.493 e. The van der Waals surface area contributed by atoms with Crippen LogP contribution in [0.1, 0.15) is 21.9 Å². The second-order valence-corrected chi connectivity index (χ2v) is 6.14. The number of thioether (sulfide) groups is 1. The van der Waals surface area contributed by atoms with Crippen molar-refractivity contribution >= 4 is 35.0 Å². The fraction of sp³-hybridized carbons (Fsp3) is 0.118. The molecule has 2 aromatic rings. The van der Waals surface area contributed by atoms with E-state index < -0.39 is 17.1 Å². The van der Waals surface area contributed by atoms with Crippen molar-refractivity contribution in [1.82, 2.24) is 5.32 Å². The number of nitrogens with one attached hydrogen (secondary N) is 1. The molecule has 0 spiro atoms. The number of methoxy groups -OCH3 is 1. The Kier molecular flexibility index (Phi) is 4.99. The van der Waals surface area contributed by atoms with E-state index in [4.69, 9.17) is 19.0 Å². The lowest BCUT2D eigenvalue weighted by Crippen LogP contribution is -2.17. The third kappa shape index (κ3) is 3.89. The quantitative estimate of drug-likeness (QED) is 0.741. The molecule has 1 fully saturated rings. The number of hydrogen-bond acceptors (Lipinski definition) is 7. The van der Waals surface area contributed by atoms with Gasteiger partial charge in [0.1, 0.15) is 12.4 Å². The first-order valence-electron chi connectivity index (χ1n) is 7.34. The molecule has 1 aromatic carbocycles. The molecule has 0 saturated carbocycles. The van der Waals surface area contributed by atoms with Crippen LogP contribution in [0.4, 0.5) is 4.79 Å². The Morgan fingerprint density at radius 3 is 2.69 bits per heavy atom. The summed E-state index contributed by atoms with van der Waals surface area (Å²) >= 11 is 0.827. The molecule has 1 saturated heterocycles. The van der Waals surface area contributed by atoms with Crippen LogP contribution in [0.25, 0.3) is 6.08 Å². The number of rotatable bonds is 6. The van der Waals surface area contributed by atoms with Gasteiger partial charge in [0.15, 0.2) is 11.5 Å². The molecule has 2 heterocycles. The Labute approximate surface area is 151 Å². The molecule has 134 valence electrons. The van der Waals surface area contributed by atoms with Crippen molar-refractivity contribution < 1.29 is 33.4 Å². The van der Waals surface area contributed by atoms with E-state index >= 15 is 0 Å². The van der Waals surface area contributed by atoms with Crippen molar-refractivity contribution in [2.45, 2.75) is 6.61 Å². The van der Waals surface area contributed by atoms with E-state index in [1.165, 1.54) is 19.2 Å². The Hall–Kier alpha value is -3.20. The van der Waals surface area contributed by atoms with Gasteiger partial charge >= 0.3 is 5.97 Å². The smallest absolute Gasteiger partial charge is 0.371 e. The monoisotopic (exact) mass is 375 g/mol. The van der Waals surface area contributed by atoms with E-state index in [1.807, 2.05) is 0 Å². The maximum atomic E-state index is 11.6. The number of imide groups is 1. The first-order valence-corrected chi connectivity index (χ1v) is 8.15. The van der Waals surface area contributed by atoms with Crippen molar-refractivity contribution in [2.75, 3.05) is 7.11 Å². The highest BCUT2D eigenvalue weighted by Gasteiger charge is 2.25. The first-order chi connectivity index (χ1) is 12.5. The maximum absolute atomic E-state index is 11.6. The van der Waals surface area contributed by atoms with Gasteiger partial charge in [0.25, 0.3) is 11.1 Å². The fourth-order valence-electron chi connectivity index (χ4n) is 2.18. The molecule has 3 rings (SSSR count). The highest BCUT2D eigenvalue weighted by molar-refractivity contribution is 8.18. The van der Waals surface area contributed by atoms with E-state index in [0.717, 1.165) is 11.8 Å². The second-order valence-electron chi connectivity index (χ2n) is 5.12. The minimum atomic E-state index is -1.15. The van der Waals surface area contributed by atoms with E-state index in [0.29, 0.717) is 27.7 Å². The number of amides is 2. The molecule has 0 aliphatic carbocycles. The van der Waals surface area contributed by atoms with Crippen LogP contribution in [0, 0.1) is 0 Å². The number of benzene rings is 1. The van der Waals surface area contributed by atoms with Gasteiger partial charge in [-0.2, -0.15) is 0 Å².